The van der Waals surface area contributed by atoms with Crippen LogP contribution in [0.1, 0.15) is 35.2 Å². The number of nitrogens with one attached hydrogen (secondary N) is 1. The van der Waals surface area contributed by atoms with Crippen molar-refractivity contribution in [1.82, 2.24) is 5.32 Å². The third-order valence-corrected chi connectivity index (χ3v) is 4.86. The average molecular weight is 352 g/mol. The highest BCUT2D eigenvalue weighted by atomic mass is 16.5. The van der Waals surface area contributed by atoms with Crippen molar-refractivity contribution in [2.45, 2.75) is 25.3 Å². The van der Waals surface area contributed by atoms with E-state index >= 15 is 0 Å². The molecule has 2 aromatic rings. The fourth-order valence-electron chi connectivity index (χ4n) is 3.38. The van der Waals surface area contributed by atoms with E-state index in [9.17, 15) is 9.59 Å². The summed E-state index contributed by atoms with van der Waals surface area (Å²) in [5.74, 6) is -0.0356. The van der Waals surface area contributed by atoms with Crippen LogP contribution in [0.3, 0.4) is 0 Å². The van der Waals surface area contributed by atoms with Gasteiger partial charge >= 0.3 is 5.97 Å². The molecule has 0 spiro atoms. The van der Waals surface area contributed by atoms with Crippen molar-refractivity contribution in [2.75, 3.05) is 25.1 Å². The number of nitrogens with zero attached hydrogens (tertiary/aromatic N) is 1. The molecule has 1 fully saturated rings. The van der Waals surface area contributed by atoms with Gasteiger partial charge in [0.25, 0.3) is 0 Å². The fourth-order valence-corrected chi connectivity index (χ4v) is 3.38. The van der Waals surface area contributed by atoms with Crippen molar-refractivity contribution in [3.63, 3.8) is 0 Å². The molecule has 1 aliphatic heterocycles. The summed E-state index contributed by atoms with van der Waals surface area (Å²) in [6, 6.07) is 17.4. The van der Waals surface area contributed by atoms with Crippen LogP contribution < -0.4 is 10.2 Å². The minimum absolute atomic E-state index is 0.0577. The van der Waals surface area contributed by atoms with Gasteiger partial charge in [0.2, 0.25) is 5.91 Å². The zero-order valence-corrected chi connectivity index (χ0v) is 15.1. The zero-order valence-electron chi connectivity index (χ0n) is 15.1. The van der Waals surface area contributed by atoms with Gasteiger partial charge in [-0.1, -0.05) is 37.3 Å². The van der Waals surface area contributed by atoms with Crippen LogP contribution in [0.4, 0.5) is 5.69 Å². The molecule has 1 N–H and O–H groups in total. The zero-order chi connectivity index (χ0) is 18.5. The van der Waals surface area contributed by atoms with Gasteiger partial charge in [0.1, 0.15) is 6.04 Å². The fraction of sp³-hybridized carbons (Fsp3) is 0.333. The number of carbonyl (C=O) groups excluding carboxylic acids is 2. The van der Waals surface area contributed by atoms with Crippen LogP contribution in [0.5, 0.6) is 0 Å². The second-order valence-corrected chi connectivity index (χ2v) is 6.60. The molecule has 1 aliphatic rings. The van der Waals surface area contributed by atoms with E-state index in [2.05, 4.69) is 29.3 Å². The highest BCUT2D eigenvalue weighted by Gasteiger charge is 2.31. The van der Waals surface area contributed by atoms with Crippen LogP contribution in [0.25, 0.3) is 0 Å². The molecule has 5 heteroatoms. The van der Waals surface area contributed by atoms with Crippen LogP contribution in [0, 0.1) is 0 Å². The van der Waals surface area contributed by atoms with Crippen LogP contribution in [0.15, 0.2) is 54.6 Å². The number of anilines is 1. The number of hydrogen-bond donors (Lipinski definition) is 1. The lowest BCUT2D eigenvalue weighted by Crippen LogP contribution is -2.42. The monoisotopic (exact) mass is 352 g/mol. The Kier molecular flexibility index (Phi) is 5.56. The molecule has 0 radical (unpaired) electrons. The molecule has 3 rings (SSSR count). The molecular weight excluding hydrogens is 328 g/mol. The van der Waals surface area contributed by atoms with Crippen LogP contribution in [-0.4, -0.2) is 38.1 Å². The number of methoxy groups -OCH3 is 1. The quantitative estimate of drug-likeness (QED) is 0.812. The number of benzene rings is 2. The van der Waals surface area contributed by atoms with Crippen molar-refractivity contribution in [3.8, 4) is 0 Å². The van der Waals surface area contributed by atoms with Gasteiger partial charge in [-0.2, -0.15) is 0 Å². The van der Waals surface area contributed by atoms with Crippen LogP contribution in [0.2, 0.25) is 0 Å². The minimum atomic E-state index is -0.362. The van der Waals surface area contributed by atoms with Gasteiger partial charge in [-0.25, -0.2) is 4.79 Å². The van der Waals surface area contributed by atoms with Crippen LogP contribution in [-0.2, 0) is 9.53 Å². The predicted octanol–water partition coefficient (Wildman–Crippen LogP) is 2.97. The highest BCUT2D eigenvalue weighted by molar-refractivity contribution is 5.90. The maximum Gasteiger partial charge on any atom is 0.337 e. The van der Waals surface area contributed by atoms with E-state index in [-0.39, 0.29) is 23.8 Å². The second kappa shape index (κ2) is 8.04. The van der Waals surface area contributed by atoms with Gasteiger partial charge in [0.05, 0.1) is 12.7 Å². The van der Waals surface area contributed by atoms with Gasteiger partial charge in [-0.15, -0.1) is 0 Å². The summed E-state index contributed by atoms with van der Waals surface area (Å²) in [5, 5.41) is 2.92. The molecule has 1 heterocycles. The molecule has 2 aromatic carbocycles. The molecule has 0 aliphatic carbocycles. The molecule has 1 saturated heterocycles. The van der Waals surface area contributed by atoms with E-state index in [1.54, 1.807) is 12.1 Å². The lowest BCUT2D eigenvalue weighted by molar-refractivity contribution is -0.120. The molecular formula is C21H24N2O3. The molecule has 26 heavy (non-hydrogen) atoms. The van der Waals surface area contributed by atoms with Crippen molar-refractivity contribution in [2.24, 2.45) is 0 Å². The topological polar surface area (TPSA) is 58.6 Å². The molecule has 2 unspecified atom stereocenters. The molecule has 136 valence electrons. The van der Waals surface area contributed by atoms with E-state index in [4.69, 9.17) is 4.74 Å². The average Bonchev–Trinajstić information content (AvgIpc) is 3.11. The first-order valence-corrected chi connectivity index (χ1v) is 8.88. The highest BCUT2D eigenvalue weighted by Crippen LogP contribution is 2.26. The van der Waals surface area contributed by atoms with Gasteiger partial charge in [-0.05, 0) is 42.2 Å². The lowest BCUT2D eigenvalue weighted by Gasteiger charge is -2.32. The number of hydrogen-bond acceptors (Lipinski definition) is 4. The summed E-state index contributed by atoms with van der Waals surface area (Å²) < 4.78 is 4.76. The molecule has 0 saturated carbocycles. The smallest absolute Gasteiger partial charge is 0.337 e. The van der Waals surface area contributed by atoms with Gasteiger partial charge in [0.15, 0.2) is 0 Å². The van der Waals surface area contributed by atoms with Gasteiger partial charge < -0.3 is 15.0 Å². The first-order chi connectivity index (χ1) is 12.6. The summed E-state index contributed by atoms with van der Waals surface area (Å²) in [6.45, 7) is 3.58. The Morgan fingerprint density at radius 3 is 2.46 bits per heavy atom. The van der Waals surface area contributed by atoms with Crippen molar-refractivity contribution in [1.29, 1.82) is 0 Å². The summed E-state index contributed by atoms with van der Waals surface area (Å²) in [4.78, 5) is 26.1. The SMILES string of the molecule is COC(=O)c1ccc(N(CC(C)c2ccccc2)C2CCNC2=O)cc1. The number of rotatable bonds is 6. The van der Waals surface area contributed by atoms with Crippen molar-refractivity contribution < 1.29 is 14.3 Å². The normalized spacial score (nSPS) is 17.5. The maximum atomic E-state index is 12.3. The third-order valence-electron chi connectivity index (χ3n) is 4.86. The molecule has 2 atom stereocenters. The number of carbonyl (C=O) groups is 2. The predicted molar refractivity (Wildman–Crippen MR) is 101 cm³/mol. The van der Waals surface area contributed by atoms with E-state index in [0.717, 1.165) is 18.7 Å². The van der Waals surface area contributed by atoms with Crippen molar-refractivity contribution >= 4 is 17.6 Å². The van der Waals surface area contributed by atoms with Crippen LogP contribution >= 0.6 is 0 Å². The molecule has 1 amide bonds. The van der Waals surface area contributed by atoms with Crippen molar-refractivity contribution in [3.05, 3.63) is 65.7 Å². The Morgan fingerprint density at radius 2 is 1.88 bits per heavy atom. The number of ether oxygens (including phenoxy) is 1. The molecule has 5 nitrogen and oxygen atoms in total. The Bertz CT molecular complexity index is 759. The first kappa shape index (κ1) is 18.0. The van der Waals surface area contributed by atoms with E-state index in [0.29, 0.717) is 12.1 Å². The summed E-state index contributed by atoms with van der Waals surface area (Å²) in [7, 11) is 1.37. The minimum Gasteiger partial charge on any atom is -0.465 e. The summed E-state index contributed by atoms with van der Waals surface area (Å²) in [5.41, 5.74) is 2.67. The Morgan fingerprint density at radius 1 is 1.19 bits per heavy atom. The Balaban J connectivity index is 1.86. The molecule has 0 bridgehead atoms. The molecule has 0 aromatic heterocycles. The van der Waals surface area contributed by atoms with Gasteiger partial charge in [-0.3, -0.25) is 4.79 Å². The summed E-state index contributed by atoms with van der Waals surface area (Å²) >= 11 is 0. The lowest BCUT2D eigenvalue weighted by atomic mass is 9.99. The second-order valence-electron chi connectivity index (χ2n) is 6.60. The van der Waals surface area contributed by atoms with E-state index < -0.39 is 0 Å². The first-order valence-electron chi connectivity index (χ1n) is 8.88. The Labute approximate surface area is 154 Å². The Hall–Kier alpha value is -2.82. The third kappa shape index (κ3) is 3.87. The maximum absolute atomic E-state index is 12.3. The van der Waals surface area contributed by atoms with E-state index in [1.165, 1.54) is 12.7 Å². The van der Waals surface area contributed by atoms with Gasteiger partial charge in [0, 0.05) is 18.8 Å². The van der Waals surface area contributed by atoms with E-state index in [1.807, 2.05) is 30.3 Å². The number of amides is 1. The summed E-state index contributed by atoms with van der Waals surface area (Å²) in [6.07, 6.45) is 0.777. The largest absolute Gasteiger partial charge is 0.465 e. The number of esters is 1. The standard InChI is InChI=1S/C21H24N2O3/c1-15(16-6-4-3-5-7-16)14-23(19-12-13-22-20(19)24)18-10-8-17(9-11-18)21(25)26-2/h3-11,15,19H,12-14H2,1-2H3,(H,22,24).